The average Bonchev–Trinajstić information content (AvgIpc) is 2.25. The van der Waals surface area contributed by atoms with Crippen LogP contribution in [0.15, 0.2) is 18.2 Å². The molecule has 0 saturated carbocycles. The molecule has 0 heterocycles. The van der Waals surface area contributed by atoms with Crippen molar-refractivity contribution in [3.63, 3.8) is 0 Å². The highest BCUT2D eigenvalue weighted by molar-refractivity contribution is 7.80. The number of nitrogens with two attached hydrogens (primary N) is 1. The van der Waals surface area contributed by atoms with Crippen LogP contribution in [0.2, 0.25) is 5.02 Å². The van der Waals surface area contributed by atoms with Crippen molar-refractivity contribution in [2.75, 3.05) is 11.4 Å². The first-order valence-corrected chi connectivity index (χ1v) is 6.97. The number of nitrogens with zero attached hydrogens (tertiary/aromatic N) is 1. The van der Waals surface area contributed by atoms with Crippen molar-refractivity contribution >= 4 is 34.5 Å². The van der Waals surface area contributed by atoms with Crippen LogP contribution in [-0.2, 0) is 0 Å². The quantitative estimate of drug-likeness (QED) is 0.833. The molecule has 1 aromatic rings. The summed E-state index contributed by atoms with van der Waals surface area (Å²) in [5, 5.41) is 0.662. The largest absolute Gasteiger partial charge is 0.389 e. The summed E-state index contributed by atoms with van der Waals surface area (Å²) in [6.07, 6.45) is 0. The molecular formula is C14H21ClN2S. The van der Waals surface area contributed by atoms with Crippen LogP contribution in [0.25, 0.3) is 0 Å². The molecule has 1 rings (SSSR count). The molecule has 2 nitrogen and oxygen atoms in total. The first-order valence-electron chi connectivity index (χ1n) is 6.19. The molecule has 1 aromatic carbocycles. The number of hydrogen-bond acceptors (Lipinski definition) is 2. The van der Waals surface area contributed by atoms with Crippen molar-refractivity contribution in [2.24, 2.45) is 11.7 Å². The summed E-state index contributed by atoms with van der Waals surface area (Å²) in [7, 11) is 0. The Morgan fingerprint density at radius 1 is 1.33 bits per heavy atom. The topological polar surface area (TPSA) is 29.3 Å². The molecule has 0 amide bonds. The van der Waals surface area contributed by atoms with Crippen LogP contribution >= 0.6 is 23.8 Å². The SMILES string of the molecule is CC(C)CN(c1ccc(Cl)cc1C(N)=S)C(C)C. The van der Waals surface area contributed by atoms with Gasteiger partial charge in [-0.3, -0.25) is 0 Å². The van der Waals surface area contributed by atoms with Crippen molar-refractivity contribution < 1.29 is 0 Å². The van der Waals surface area contributed by atoms with Gasteiger partial charge in [-0.2, -0.15) is 0 Å². The van der Waals surface area contributed by atoms with Gasteiger partial charge in [0.1, 0.15) is 4.99 Å². The fraction of sp³-hybridized carbons (Fsp3) is 0.500. The number of halogens is 1. The molecule has 4 heteroatoms. The predicted molar refractivity (Wildman–Crippen MR) is 84.7 cm³/mol. The third kappa shape index (κ3) is 3.85. The number of thiocarbonyl (C=S) groups is 1. The van der Waals surface area contributed by atoms with E-state index < -0.39 is 0 Å². The van der Waals surface area contributed by atoms with Gasteiger partial charge in [-0.25, -0.2) is 0 Å². The van der Waals surface area contributed by atoms with Gasteiger partial charge in [-0.15, -0.1) is 0 Å². The minimum Gasteiger partial charge on any atom is -0.389 e. The minimum absolute atomic E-state index is 0.390. The number of benzene rings is 1. The Balaban J connectivity index is 3.22. The van der Waals surface area contributed by atoms with E-state index >= 15 is 0 Å². The van der Waals surface area contributed by atoms with Crippen molar-refractivity contribution in [1.82, 2.24) is 0 Å². The van der Waals surface area contributed by atoms with Crippen LogP contribution in [0.1, 0.15) is 33.3 Å². The molecule has 0 fully saturated rings. The normalized spacial score (nSPS) is 11.1. The fourth-order valence-corrected chi connectivity index (χ4v) is 2.27. The van der Waals surface area contributed by atoms with Crippen LogP contribution in [-0.4, -0.2) is 17.6 Å². The van der Waals surface area contributed by atoms with E-state index in [9.17, 15) is 0 Å². The molecule has 0 aliphatic carbocycles. The van der Waals surface area contributed by atoms with Crippen molar-refractivity contribution in [3.05, 3.63) is 28.8 Å². The predicted octanol–water partition coefficient (Wildman–Crippen LogP) is 3.85. The summed E-state index contributed by atoms with van der Waals surface area (Å²) >= 11 is 11.1. The van der Waals surface area contributed by atoms with Crippen LogP contribution in [0.3, 0.4) is 0 Å². The summed E-state index contributed by atoms with van der Waals surface area (Å²) in [4.78, 5) is 2.71. The second-order valence-electron chi connectivity index (χ2n) is 5.17. The maximum absolute atomic E-state index is 6.02. The zero-order valence-corrected chi connectivity index (χ0v) is 13.0. The van der Waals surface area contributed by atoms with E-state index in [-0.39, 0.29) is 0 Å². The minimum atomic E-state index is 0.390. The molecule has 0 atom stereocenters. The zero-order valence-electron chi connectivity index (χ0n) is 11.4. The van der Waals surface area contributed by atoms with E-state index in [1.807, 2.05) is 18.2 Å². The lowest BCUT2D eigenvalue weighted by atomic mass is 10.1. The molecule has 0 unspecified atom stereocenters. The van der Waals surface area contributed by atoms with Crippen molar-refractivity contribution in [1.29, 1.82) is 0 Å². The van der Waals surface area contributed by atoms with Gasteiger partial charge in [-0.05, 0) is 38.0 Å². The van der Waals surface area contributed by atoms with E-state index in [2.05, 4.69) is 32.6 Å². The van der Waals surface area contributed by atoms with Gasteiger partial charge in [0.25, 0.3) is 0 Å². The molecule has 0 aliphatic rings. The lowest BCUT2D eigenvalue weighted by molar-refractivity contribution is 0.571. The smallest absolute Gasteiger partial charge is 0.106 e. The van der Waals surface area contributed by atoms with E-state index in [4.69, 9.17) is 29.6 Å². The summed E-state index contributed by atoms with van der Waals surface area (Å²) in [5.41, 5.74) is 7.72. The van der Waals surface area contributed by atoms with Gasteiger partial charge in [0.05, 0.1) is 0 Å². The van der Waals surface area contributed by atoms with Crippen molar-refractivity contribution in [2.45, 2.75) is 33.7 Å². The Kier molecular flexibility index (Phi) is 5.42. The van der Waals surface area contributed by atoms with Crippen LogP contribution < -0.4 is 10.6 Å². The Bertz CT molecular complexity index is 430. The average molecular weight is 285 g/mol. The second kappa shape index (κ2) is 6.39. The number of rotatable bonds is 5. The highest BCUT2D eigenvalue weighted by atomic mass is 35.5. The maximum atomic E-state index is 6.02. The molecule has 100 valence electrons. The number of hydrogen-bond donors (Lipinski definition) is 1. The maximum Gasteiger partial charge on any atom is 0.106 e. The first-order chi connectivity index (χ1) is 8.32. The molecular weight excluding hydrogens is 264 g/mol. The summed E-state index contributed by atoms with van der Waals surface area (Å²) in [5.74, 6) is 0.572. The summed E-state index contributed by atoms with van der Waals surface area (Å²) in [6, 6.07) is 6.12. The zero-order chi connectivity index (χ0) is 13.9. The van der Waals surface area contributed by atoms with E-state index in [0.717, 1.165) is 17.8 Å². The highest BCUT2D eigenvalue weighted by Crippen LogP contribution is 2.26. The summed E-state index contributed by atoms with van der Waals surface area (Å²) < 4.78 is 0. The number of anilines is 1. The Labute approximate surface area is 120 Å². The van der Waals surface area contributed by atoms with Gasteiger partial charge in [0.15, 0.2) is 0 Å². The molecule has 0 saturated heterocycles. The summed E-state index contributed by atoms with van der Waals surface area (Å²) in [6.45, 7) is 9.70. The molecule has 0 aromatic heterocycles. The van der Waals surface area contributed by atoms with Crippen LogP contribution in [0.5, 0.6) is 0 Å². The van der Waals surface area contributed by atoms with Gasteiger partial charge in [0, 0.05) is 28.9 Å². The third-order valence-electron chi connectivity index (χ3n) is 2.72. The molecule has 0 spiro atoms. The molecule has 18 heavy (non-hydrogen) atoms. The Morgan fingerprint density at radius 3 is 2.39 bits per heavy atom. The van der Waals surface area contributed by atoms with Gasteiger partial charge in [-0.1, -0.05) is 37.7 Å². The monoisotopic (exact) mass is 284 g/mol. The van der Waals surface area contributed by atoms with E-state index in [1.54, 1.807) is 0 Å². The van der Waals surface area contributed by atoms with E-state index in [0.29, 0.717) is 22.0 Å². The highest BCUT2D eigenvalue weighted by Gasteiger charge is 2.17. The molecule has 2 N–H and O–H groups in total. The first kappa shape index (κ1) is 15.3. The van der Waals surface area contributed by atoms with Crippen LogP contribution in [0.4, 0.5) is 5.69 Å². The van der Waals surface area contributed by atoms with Crippen LogP contribution in [0, 0.1) is 5.92 Å². The van der Waals surface area contributed by atoms with Gasteiger partial charge < -0.3 is 10.6 Å². The Morgan fingerprint density at radius 2 is 1.94 bits per heavy atom. The molecule has 0 aliphatic heterocycles. The third-order valence-corrected chi connectivity index (χ3v) is 3.17. The lowest BCUT2D eigenvalue weighted by Crippen LogP contribution is -2.35. The standard InChI is InChI=1S/C14H21ClN2S/c1-9(2)8-17(10(3)4)13-6-5-11(15)7-12(13)14(16)18/h5-7,9-10H,8H2,1-4H3,(H2,16,18). The molecule has 0 radical (unpaired) electrons. The lowest BCUT2D eigenvalue weighted by Gasteiger charge is -2.32. The second-order valence-corrected chi connectivity index (χ2v) is 6.04. The molecule has 0 bridgehead atoms. The van der Waals surface area contributed by atoms with Gasteiger partial charge in [0.2, 0.25) is 0 Å². The Hall–Kier alpha value is -0.800. The fourth-order valence-electron chi connectivity index (χ4n) is 1.94. The van der Waals surface area contributed by atoms with E-state index in [1.165, 1.54) is 0 Å². The van der Waals surface area contributed by atoms with Gasteiger partial charge >= 0.3 is 0 Å². The van der Waals surface area contributed by atoms with Crippen molar-refractivity contribution in [3.8, 4) is 0 Å².